The number of hydrogen-bond donors (Lipinski definition) is 1. The van der Waals surface area contributed by atoms with Crippen LogP contribution in [0.3, 0.4) is 0 Å². The van der Waals surface area contributed by atoms with E-state index in [1.165, 1.54) is 52.8 Å². The Morgan fingerprint density at radius 3 is 2.23 bits per heavy atom. The van der Waals surface area contributed by atoms with Gasteiger partial charge in [-0.25, -0.2) is 17.8 Å². The summed E-state index contributed by atoms with van der Waals surface area (Å²) in [5.74, 6) is -0.111. The molecule has 1 aromatic heterocycles. The van der Waals surface area contributed by atoms with Crippen molar-refractivity contribution in [3.8, 4) is 0 Å². The van der Waals surface area contributed by atoms with Crippen LogP contribution >= 0.6 is 0 Å². The van der Waals surface area contributed by atoms with Crippen molar-refractivity contribution in [1.82, 2.24) is 14.3 Å². The van der Waals surface area contributed by atoms with E-state index >= 15 is 0 Å². The van der Waals surface area contributed by atoms with Gasteiger partial charge >= 0.3 is 0 Å². The van der Waals surface area contributed by atoms with E-state index in [2.05, 4.69) is 15.3 Å². The van der Waals surface area contributed by atoms with E-state index in [0.29, 0.717) is 37.4 Å². The lowest BCUT2D eigenvalue weighted by molar-refractivity contribution is 0.102. The van der Waals surface area contributed by atoms with Gasteiger partial charge in [0.25, 0.3) is 5.91 Å². The topological polar surface area (TPSA) is 95.5 Å². The van der Waals surface area contributed by atoms with E-state index in [-0.39, 0.29) is 4.90 Å². The molecule has 1 aliphatic heterocycles. The second-order valence-corrected chi connectivity index (χ2v) is 8.88. The molecule has 10 heteroatoms. The van der Waals surface area contributed by atoms with Crippen molar-refractivity contribution in [2.45, 2.75) is 4.90 Å². The van der Waals surface area contributed by atoms with Crippen LogP contribution in [0.4, 0.5) is 15.9 Å². The Kier molecular flexibility index (Phi) is 5.92. The summed E-state index contributed by atoms with van der Waals surface area (Å²) in [5, 5.41) is 2.67. The average Bonchev–Trinajstić information content (AvgIpc) is 2.80. The summed E-state index contributed by atoms with van der Waals surface area (Å²) in [6.45, 7) is 1.71. The van der Waals surface area contributed by atoms with Crippen LogP contribution in [0, 0.1) is 5.82 Å². The molecular weight excluding hydrogens is 421 g/mol. The van der Waals surface area contributed by atoms with E-state index in [4.69, 9.17) is 0 Å². The van der Waals surface area contributed by atoms with Gasteiger partial charge in [0.15, 0.2) is 0 Å². The molecule has 0 saturated carbocycles. The summed E-state index contributed by atoms with van der Waals surface area (Å²) in [6, 6.07) is 11.2. The molecule has 1 aliphatic rings. The molecule has 0 unspecified atom stereocenters. The Hall–Kier alpha value is -3.37. The highest BCUT2D eigenvalue weighted by Crippen LogP contribution is 2.21. The van der Waals surface area contributed by atoms with Gasteiger partial charge in [0.05, 0.1) is 11.1 Å². The summed E-state index contributed by atoms with van der Waals surface area (Å²) < 4.78 is 40.4. The maximum absolute atomic E-state index is 13.0. The number of carbonyl (C=O) groups is 1. The monoisotopic (exact) mass is 441 g/mol. The zero-order valence-corrected chi connectivity index (χ0v) is 17.3. The van der Waals surface area contributed by atoms with Gasteiger partial charge < -0.3 is 10.2 Å². The molecule has 160 valence electrons. The minimum atomic E-state index is -3.65. The standard InChI is InChI=1S/C21H20FN5O3S/c22-17-3-1-16(2-4-17)21(28)25-18-5-7-19(8-6-18)31(29,30)27-13-11-26(12-14-27)20-15-23-9-10-24-20/h1-10,15H,11-14H2,(H,25,28). The summed E-state index contributed by atoms with van der Waals surface area (Å²) in [6.07, 6.45) is 4.86. The second-order valence-electron chi connectivity index (χ2n) is 6.94. The van der Waals surface area contributed by atoms with Gasteiger partial charge in [0.2, 0.25) is 10.0 Å². The first-order valence-electron chi connectivity index (χ1n) is 9.61. The zero-order valence-electron chi connectivity index (χ0n) is 16.5. The van der Waals surface area contributed by atoms with Gasteiger partial charge in [0, 0.05) is 49.8 Å². The lowest BCUT2D eigenvalue weighted by Crippen LogP contribution is -2.48. The second kappa shape index (κ2) is 8.78. The highest BCUT2D eigenvalue weighted by molar-refractivity contribution is 7.89. The van der Waals surface area contributed by atoms with Crippen molar-refractivity contribution in [3.63, 3.8) is 0 Å². The molecular formula is C21H20FN5O3S. The number of nitrogens with zero attached hydrogens (tertiary/aromatic N) is 4. The number of anilines is 2. The fourth-order valence-corrected chi connectivity index (χ4v) is 4.70. The molecule has 0 radical (unpaired) electrons. The number of piperazine rings is 1. The van der Waals surface area contributed by atoms with Crippen molar-refractivity contribution in [1.29, 1.82) is 0 Å². The molecule has 3 aromatic rings. The van der Waals surface area contributed by atoms with E-state index < -0.39 is 21.7 Å². The van der Waals surface area contributed by atoms with Crippen LogP contribution < -0.4 is 10.2 Å². The Bertz CT molecular complexity index is 1150. The van der Waals surface area contributed by atoms with Gasteiger partial charge in [-0.1, -0.05) is 0 Å². The van der Waals surface area contributed by atoms with E-state index in [1.807, 2.05) is 4.90 Å². The van der Waals surface area contributed by atoms with Crippen LogP contribution in [-0.4, -0.2) is 54.8 Å². The number of aromatic nitrogens is 2. The Morgan fingerprint density at radius 1 is 0.935 bits per heavy atom. The third-order valence-electron chi connectivity index (χ3n) is 4.97. The quantitative estimate of drug-likeness (QED) is 0.653. The number of hydrogen-bond acceptors (Lipinski definition) is 6. The predicted molar refractivity (Wildman–Crippen MR) is 114 cm³/mol. The normalized spacial score (nSPS) is 14.9. The minimum Gasteiger partial charge on any atom is -0.353 e. The molecule has 0 atom stereocenters. The molecule has 8 nitrogen and oxygen atoms in total. The van der Waals surface area contributed by atoms with E-state index in [1.54, 1.807) is 18.6 Å². The first kappa shape index (κ1) is 20.9. The number of sulfonamides is 1. The Morgan fingerprint density at radius 2 is 1.61 bits per heavy atom. The molecule has 0 spiro atoms. The highest BCUT2D eigenvalue weighted by atomic mass is 32.2. The SMILES string of the molecule is O=C(Nc1ccc(S(=O)(=O)N2CCN(c3cnccn3)CC2)cc1)c1ccc(F)cc1. The Labute approximate surface area is 179 Å². The molecule has 4 rings (SSSR count). The lowest BCUT2D eigenvalue weighted by atomic mass is 10.2. The average molecular weight is 441 g/mol. The van der Waals surface area contributed by atoms with Gasteiger partial charge in [-0.3, -0.25) is 9.78 Å². The largest absolute Gasteiger partial charge is 0.353 e. The third kappa shape index (κ3) is 4.70. The molecule has 0 bridgehead atoms. The van der Waals surface area contributed by atoms with Crippen LogP contribution in [0.5, 0.6) is 0 Å². The maximum Gasteiger partial charge on any atom is 0.255 e. The van der Waals surface area contributed by atoms with Gasteiger partial charge in [-0.15, -0.1) is 0 Å². The fourth-order valence-electron chi connectivity index (χ4n) is 3.28. The molecule has 0 aliphatic carbocycles. The van der Waals surface area contributed by atoms with Crippen LogP contribution in [-0.2, 0) is 10.0 Å². The predicted octanol–water partition coefficient (Wildman–Crippen LogP) is 2.38. The number of nitrogens with one attached hydrogen (secondary N) is 1. The van der Waals surface area contributed by atoms with E-state index in [0.717, 1.165) is 5.82 Å². The fraction of sp³-hybridized carbons (Fsp3) is 0.190. The van der Waals surface area contributed by atoms with Gasteiger partial charge in [-0.2, -0.15) is 4.31 Å². The lowest BCUT2D eigenvalue weighted by Gasteiger charge is -2.34. The number of benzene rings is 2. The summed E-state index contributed by atoms with van der Waals surface area (Å²) in [4.78, 5) is 22.7. The van der Waals surface area contributed by atoms with Crippen molar-refractivity contribution in [3.05, 3.63) is 78.5 Å². The minimum absolute atomic E-state index is 0.153. The van der Waals surface area contributed by atoms with Crippen LogP contribution in [0.25, 0.3) is 0 Å². The number of amides is 1. The van der Waals surface area contributed by atoms with Crippen molar-refractivity contribution < 1.29 is 17.6 Å². The molecule has 2 heterocycles. The van der Waals surface area contributed by atoms with Crippen LogP contribution in [0.1, 0.15) is 10.4 Å². The molecule has 1 amide bonds. The molecule has 2 aromatic carbocycles. The Balaban J connectivity index is 1.40. The van der Waals surface area contributed by atoms with Gasteiger partial charge in [0.1, 0.15) is 11.6 Å². The van der Waals surface area contributed by atoms with Crippen molar-refractivity contribution in [2.24, 2.45) is 0 Å². The number of carbonyl (C=O) groups excluding carboxylic acids is 1. The summed E-state index contributed by atoms with van der Waals surface area (Å²) in [7, 11) is -3.65. The number of rotatable bonds is 5. The van der Waals surface area contributed by atoms with Crippen LogP contribution in [0.2, 0.25) is 0 Å². The van der Waals surface area contributed by atoms with Crippen molar-refractivity contribution >= 4 is 27.4 Å². The van der Waals surface area contributed by atoms with Gasteiger partial charge in [-0.05, 0) is 48.5 Å². The molecule has 1 saturated heterocycles. The smallest absolute Gasteiger partial charge is 0.255 e. The third-order valence-corrected chi connectivity index (χ3v) is 6.88. The maximum atomic E-state index is 13.0. The zero-order chi connectivity index (χ0) is 21.8. The molecule has 1 fully saturated rings. The first-order valence-corrected chi connectivity index (χ1v) is 11.1. The molecule has 1 N–H and O–H groups in total. The van der Waals surface area contributed by atoms with Crippen molar-refractivity contribution in [2.75, 3.05) is 36.4 Å². The van der Waals surface area contributed by atoms with Crippen LogP contribution in [0.15, 0.2) is 72.0 Å². The molecule has 31 heavy (non-hydrogen) atoms. The van der Waals surface area contributed by atoms with E-state index in [9.17, 15) is 17.6 Å². The first-order chi connectivity index (χ1) is 14.9. The number of halogens is 1. The summed E-state index contributed by atoms with van der Waals surface area (Å²) >= 11 is 0. The summed E-state index contributed by atoms with van der Waals surface area (Å²) in [5.41, 5.74) is 0.750. The highest BCUT2D eigenvalue weighted by Gasteiger charge is 2.29.